The van der Waals surface area contributed by atoms with Crippen LogP contribution in [0.25, 0.3) is 16.9 Å². The van der Waals surface area contributed by atoms with Crippen LogP contribution in [0.4, 0.5) is 11.5 Å². The lowest BCUT2D eigenvalue weighted by Crippen LogP contribution is -2.21. The van der Waals surface area contributed by atoms with Gasteiger partial charge >= 0.3 is 0 Å². The van der Waals surface area contributed by atoms with Gasteiger partial charge in [0.05, 0.1) is 23.9 Å². The number of pyridine rings is 1. The monoisotopic (exact) mass is 298 g/mol. The first-order valence-corrected chi connectivity index (χ1v) is 6.99. The fourth-order valence-electron chi connectivity index (χ4n) is 2.28. The van der Waals surface area contributed by atoms with Crippen molar-refractivity contribution in [3.05, 3.63) is 36.8 Å². The molecule has 0 radical (unpaired) electrons. The van der Waals surface area contributed by atoms with Gasteiger partial charge in [0.15, 0.2) is 5.82 Å². The fraction of sp³-hybridized carbons (Fsp3) is 0.267. The molecule has 0 spiro atoms. The molecule has 7 nitrogen and oxygen atoms in total. The van der Waals surface area contributed by atoms with Gasteiger partial charge in [0.2, 0.25) is 0 Å². The van der Waals surface area contributed by atoms with Gasteiger partial charge in [0.1, 0.15) is 5.82 Å². The van der Waals surface area contributed by atoms with E-state index in [1.165, 1.54) is 0 Å². The number of rotatable bonds is 5. The minimum atomic E-state index is 0.160. The SMILES string of the molecule is COC[C@H](C)Nc1ccnc(-c2cnn3ccc(N)cc23)n1. The summed E-state index contributed by atoms with van der Waals surface area (Å²) in [5.41, 5.74) is 8.25. The van der Waals surface area contributed by atoms with Crippen molar-refractivity contribution in [2.24, 2.45) is 0 Å². The molecular weight excluding hydrogens is 280 g/mol. The summed E-state index contributed by atoms with van der Waals surface area (Å²) in [5.74, 6) is 1.35. The summed E-state index contributed by atoms with van der Waals surface area (Å²) >= 11 is 0. The number of ether oxygens (including phenoxy) is 1. The number of aromatic nitrogens is 4. The van der Waals surface area contributed by atoms with Gasteiger partial charge in [0, 0.05) is 31.2 Å². The molecule has 0 amide bonds. The van der Waals surface area contributed by atoms with Crippen molar-refractivity contribution < 1.29 is 4.74 Å². The minimum Gasteiger partial charge on any atom is -0.399 e. The van der Waals surface area contributed by atoms with Gasteiger partial charge in [-0.3, -0.25) is 0 Å². The molecule has 0 aliphatic heterocycles. The Balaban J connectivity index is 1.95. The number of methoxy groups -OCH3 is 1. The third-order valence-electron chi connectivity index (χ3n) is 3.25. The number of hydrogen-bond donors (Lipinski definition) is 2. The van der Waals surface area contributed by atoms with E-state index >= 15 is 0 Å². The van der Waals surface area contributed by atoms with Crippen molar-refractivity contribution in [1.29, 1.82) is 0 Å². The third kappa shape index (κ3) is 2.84. The van der Waals surface area contributed by atoms with Crippen LogP contribution in [0.3, 0.4) is 0 Å². The molecule has 0 bridgehead atoms. The van der Waals surface area contributed by atoms with Crippen molar-refractivity contribution in [3.8, 4) is 11.4 Å². The zero-order valence-electron chi connectivity index (χ0n) is 12.5. The molecule has 0 aliphatic rings. The quantitative estimate of drug-likeness (QED) is 0.746. The molecule has 7 heteroatoms. The topological polar surface area (TPSA) is 90.4 Å². The Labute approximate surface area is 128 Å². The second-order valence-electron chi connectivity index (χ2n) is 5.11. The van der Waals surface area contributed by atoms with Gasteiger partial charge in [-0.05, 0) is 25.1 Å². The summed E-state index contributed by atoms with van der Waals surface area (Å²) in [6.45, 7) is 2.63. The van der Waals surface area contributed by atoms with E-state index in [9.17, 15) is 0 Å². The maximum atomic E-state index is 5.85. The van der Waals surface area contributed by atoms with E-state index in [4.69, 9.17) is 10.5 Å². The molecule has 0 unspecified atom stereocenters. The zero-order chi connectivity index (χ0) is 15.5. The van der Waals surface area contributed by atoms with Crippen molar-refractivity contribution in [3.63, 3.8) is 0 Å². The Morgan fingerprint density at radius 2 is 2.27 bits per heavy atom. The molecular formula is C15H18N6O. The van der Waals surface area contributed by atoms with Gasteiger partial charge in [-0.15, -0.1) is 0 Å². The van der Waals surface area contributed by atoms with Gasteiger partial charge in [-0.25, -0.2) is 14.5 Å². The minimum absolute atomic E-state index is 0.160. The molecule has 3 N–H and O–H groups in total. The van der Waals surface area contributed by atoms with Gasteiger partial charge in [-0.1, -0.05) is 0 Å². The lowest BCUT2D eigenvalue weighted by Gasteiger charge is -2.13. The number of hydrogen-bond acceptors (Lipinski definition) is 6. The first-order valence-electron chi connectivity index (χ1n) is 6.99. The van der Waals surface area contributed by atoms with Crippen molar-refractivity contribution in [1.82, 2.24) is 19.6 Å². The average Bonchev–Trinajstić information content (AvgIpc) is 2.90. The summed E-state index contributed by atoms with van der Waals surface area (Å²) in [5, 5.41) is 7.57. The molecule has 3 aromatic heterocycles. The fourth-order valence-corrected chi connectivity index (χ4v) is 2.28. The normalized spacial score (nSPS) is 12.5. The highest BCUT2D eigenvalue weighted by Gasteiger charge is 2.11. The summed E-state index contributed by atoms with van der Waals surface area (Å²) in [6, 6.07) is 5.65. The van der Waals surface area contributed by atoms with Crippen LogP contribution in [0.5, 0.6) is 0 Å². The van der Waals surface area contributed by atoms with Crippen LogP contribution >= 0.6 is 0 Å². The van der Waals surface area contributed by atoms with E-state index in [1.54, 1.807) is 30.1 Å². The Morgan fingerprint density at radius 3 is 3.09 bits per heavy atom. The molecule has 0 aliphatic carbocycles. The second-order valence-corrected chi connectivity index (χ2v) is 5.11. The van der Waals surface area contributed by atoms with Gasteiger partial charge in [-0.2, -0.15) is 5.10 Å². The number of nitrogen functional groups attached to an aromatic ring is 1. The summed E-state index contributed by atoms with van der Waals surface area (Å²) in [4.78, 5) is 8.88. The van der Waals surface area contributed by atoms with E-state index in [0.717, 1.165) is 16.9 Å². The second kappa shape index (κ2) is 5.98. The maximum Gasteiger partial charge on any atom is 0.165 e. The molecule has 0 saturated carbocycles. The van der Waals surface area contributed by atoms with E-state index in [2.05, 4.69) is 20.4 Å². The summed E-state index contributed by atoms with van der Waals surface area (Å²) < 4.78 is 6.87. The highest BCUT2D eigenvalue weighted by molar-refractivity contribution is 5.78. The first-order chi connectivity index (χ1) is 10.7. The van der Waals surface area contributed by atoms with E-state index in [-0.39, 0.29) is 6.04 Å². The van der Waals surface area contributed by atoms with E-state index in [1.807, 2.05) is 25.3 Å². The Hall–Kier alpha value is -2.67. The van der Waals surface area contributed by atoms with Crippen LogP contribution in [-0.2, 0) is 4.74 Å². The number of nitrogens with zero attached hydrogens (tertiary/aromatic N) is 4. The highest BCUT2D eigenvalue weighted by Crippen LogP contribution is 2.23. The number of nitrogens with two attached hydrogens (primary N) is 1. The van der Waals surface area contributed by atoms with Crippen LogP contribution in [0.1, 0.15) is 6.92 Å². The lowest BCUT2D eigenvalue weighted by molar-refractivity contribution is 0.190. The van der Waals surface area contributed by atoms with Crippen molar-refractivity contribution in [2.45, 2.75) is 13.0 Å². The Kier molecular flexibility index (Phi) is 3.88. The summed E-state index contributed by atoms with van der Waals surface area (Å²) in [7, 11) is 1.67. The molecule has 3 heterocycles. The van der Waals surface area contributed by atoms with Crippen LogP contribution in [0.2, 0.25) is 0 Å². The third-order valence-corrected chi connectivity index (χ3v) is 3.25. The van der Waals surface area contributed by atoms with Gasteiger partial charge in [0.25, 0.3) is 0 Å². The Bertz CT molecular complexity index is 785. The predicted molar refractivity (Wildman–Crippen MR) is 85.6 cm³/mol. The summed E-state index contributed by atoms with van der Waals surface area (Å²) in [6.07, 6.45) is 5.28. The molecule has 114 valence electrons. The maximum absolute atomic E-state index is 5.85. The van der Waals surface area contributed by atoms with Crippen molar-refractivity contribution in [2.75, 3.05) is 24.8 Å². The molecule has 3 rings (SSSR count). The Morgan fingerprint density at radius 1 is 1.41 bits per heavy atom. The number of nitrogens with one attached hydrogen (secondary N) is 1. The average molecular weight is 298 g/mol. The highest BCUT2D eigenvalue weighted by atomic mass is 16.5. The predicted octanol–water partition coefficient (Wildman–Crippen LogP) is 1.82. The van der Waals surface area contributed by atoms with E-state index in [0.29, 0.717) is 18.1 Å². The first kappa shape index (κ1) is 14.3. The molecule has 3 aromatic rings. The number of fused-ring (bicyclic) bond motifs is 1. The standard InChI is InChI=1S/C15H18N6O/c1-10(9-22-2)19-14-3-5-17-15(20-14)12-8-18-21-6-4-11(16)7-13(12)21/h3-8,10H,9,16H2,1-2H3,(H,17,19,20)/t10-/m0/s1. The molecule has 0 aromatic carbocycles. The lowest BCUT2D eigenvalue weighted by atomic mass is 10.2. The van der Waals surface area contributed by atoms with Crippen LogP contribution in [0, 0.1) is 0 Å². The van der Waals surface area contributed by atoms with Crippen LogP contribution in [-0.4, -0.2) is 39.3 Å². The van der Waals surface area contributed by atoms with Crippen LogP contribution < -0.4 is 11.1 Å². The molecule has 0 saturated heterocycles. The molecule has 1 atom stereocenters. The van der Waals surface area contributed by atoms with E-state index < -0.39 is 0 Å². The smallest absolute Gasteiger partial charge is 0.165 e. The number of anilines is 2. The largest absolute Gasteiger partial charge is 0.399 e. The van der Waals surface area contributed by atoms with Crippen molar-refractivity contribution >= 4 is 17.0 Å². The van der Waals surface area contributed by atoms with Gasteiger partial charge < -0.3 is 15.8 Å². The molecule has 0 fully saturated rings. The van der Waals surface area contributed by atoms with Crippen LogP contribution in [0.15, 0.2) is 36.8 Å². The molecule has 22 heavy (non-hydrogen) atoms. The zero-order valence-corrected chi connectivity index (χ0v) is 12.5.